The molecule has 1 heterocycles. The first-order valence-electron chi connectivity index (χ1n) is 6.66. The quantitative estimate of drug-likeness (QED) is 0.459. The third-order valence-electron chi connectivity index (χ3n) is 4.05. The maximum Gasteiger partial charge on any atom is 0.265 e. The average molecular weight is 331 g/mol. The van der Waals surface area contributed by atoms with Crippen molar-refractivity contribution in [2.24, 2.45) is 17.8 Å². The summed E-state index contributed by atoms with van der Waals surface area (Å²) in [5, 5.41) is 7.65. The lowest BCUT2D eigenvalue weighted by atomic mass is 9.78. The third kappa shape index (κ3) is 4.38. The van der Waals surface area contributed by atoms with Gasteiger partial charge in [-0.3, -0.25) is 5.41 Å². The molecule has 1 saturated heterocycles. The van der Waals surface area contributed by atoms with Gasteiger partial charge in [-0.2, -0.15) is 0 Å². The molecule has 5 atom stereocenters. The van der Waals surface area contributed by atoms with Crippen LogP contribution in [-0.4, -0.2) is 22.1 Å². The van der Waals surface area contributed by atoms with Crippen molar-refractivity contribution in [1.29, 1.82) is 5.41 Å². The Bertz CT molecular complexity index is 320. The van der Waals surface area contributed by atoms with Crippen LogP contribution in [0.2, 0.25) is 0 Å². The minimum Gasteiger partial charge on any atom is -0.448 e. The van der Waals surface area contributed by atoms with E-state index in [0.717, 1.165) is 12.8 Å². The number of hydrogen-bond acceptors (Lipinski definition) is 3. The fraction of sp³-hybridized carbons (Fsp3) is 0.923. The lowest BCUT2D eigenvalue weighted by molar-refractivity contribution is -0.219. The van der Waals surface area contributed by atoms with Crippen LogP contribution < -0.4 is 0 Å². The predicted octanol–water partition coefficient (Wildman–Crippen LogP) is 4.78. The Morgan fingerprint density at radius 3 is 2.21 bits per heavy atom. The molecule has 0 amide bonds. The van der Waals surface area contributed by atoms with E-state index in [-0.39, 0.29) is 17.9 Å². The highest BCUT2D eigenvalue weighted by Crippen LogP contribution is 2.38. The summed E-state index contributed by atoms with van der Waals surface area (Å²) in [6.45, 7) is 8.53. The molecule has 0 aromatic heterocycles. The molecule has 0 bridgehead atoms. The molecule has 0 aromatic carbocycles. The second-order valence-corrected chi connectivity index (χ2v) is 7.63. The number of rotatable bonds is 3. The number of halogens is 3. The first-order chi connectivity index (χ1) is 8.68. The van der Waals surface area contributed by atoms with Gasteiger partial charge in [0, 0.05) is 5.92 Å². The summed E-state index contributed by atoms with van der Waals surface area (Å²) in [5.74, 6) is 0.650. The van der Waals surface area contributed by atoms with Crippen molar-refractivity contribution in [3.8, 4) is 0 Å². The van der Waals surface area contributed by atoms with E-state index in [1.165, 1.54) is 0 Å². The van der Waals surface area contributed by atoms with Gasteiger partial charge >= 0.3 is 0 Å². The van der Waals surface area contributed by atoms with E-state index in [0.29, 0.717) is 11.8 Å². The highest BCUT2D eigenvalue weighted by Gasteiger charge is 2.42. The van der Waals surface area contributed by atoms with Crippen LogP contribution in [0.3, 0.4) is 0 Å². The van der Waals surface area contributed by atoms with Gasteiger partial charge in [0.1, 0.15) is 0 Å². The highest BCUT2D eigenvalue weighted by molar-refractivity contribution is 6.76. The standard InChI is InChI=1S/C13H22Cl3NO2/c1-5-6-10-8(3)7(2)9(4)11(18-10)19-12(17)13(14,15)16/h7-11,17H,5-6H2,1-4H3/t7-,8-,9?,10?,11?/m0/s1. The SMILES string of the molecule is CCCC1OC(OC(=N)C(Cl)(Cl)Cl)C(C)[C@@H](C)[C@@H]1C. The Kier molecular flexibility index (Phi) is 6.25. The minimum absolute atomic E-state index is 0.129. The highest BCUT2D eigenvalue weighted by atomic mass is 35.6. The zero-order chi connectivity index (χ0) is 14.8. The van der Waals surface area contributed by atoms with E-state index >= 15 is 0 Å². The van der Waals surface area contributed by atoms with Crippen molar-refractivity contribution in [3.05, 3.63) is 0 Å². The van der Waals surface area contributed by atoms with E-state index in [4.69, 9.17) is 49.7 Å². The van der Waals surface area contributed by atoms with E-state index in [1.54, 1.807) is 0 Å². The lowest BCUT2D eigenvalue weighted by Gasteiger charge is -2.43. The number of ether oxygens (including phenoxy) is 2. The first kappa shape index (κ1) is 17.4. The van der Waals surface area contributed by atoms with E-state index in [2.05, 4.69) is 20.8 Å². The van der Waals surface area contributed by atoms with Crippen LogP contribution in [0, 0.1) is 23.2 Å². The number of alkyl halides is 3. The maximum absolute atomic E-state index is 7.65. The largest absolute Gasteiger partial charge is 0.448 e. The van der Waals surface area contributed by atoms with Crippen molar-refractivity contribution >= 4 is 40.7 Å². The van der Waals surface area contributed by atoms with Crippen LogP contribution in [0.25, 0.3) is 0 Å². The Morgan fingerprint density at radius 2 is 1.74 bits per heavy atom. The van der Waals surface area contributed by atoms with Crippen molar-refractivity contribution < 1.29 is 9.47 Å². The molecular weight excluding hydrogens is 309 g/mol. The molecule has 0 spiro atoms. The van der Waals surface area contributed by atoms with Crippen molar-refractivity contribution in [2.45, 2.75) is 56.7 Å². The molecule has 1 N–H and O–H groups in total. The van der Waals surface area contributed by atoms with Gasteiger partial charge in [0.25, 0.3) is 3.79 Å². The number of hydrogen-bond donors (Lipinski definition) is 1. The minimum atomic E-state index is -1.84. The van der Waals surface area contributed by atoms with Crippen LogP contribution in [0.15, 0.2) is 0 Å². The van der Waals surface area contributed by atoms with Gasteiger partial charge in [-0.05, 0) is 18.3 Å². The van der Waals surface area contributed by atoms with Crippen LogP contribution in [0.4, 0.5) is 0 Å². The Labute approximate surface area is 130 Å². The molecule has 1 fully saturated rings. The molecule has 112 valence electrons. The monoisotopic (exact) mass is 329 g/mol. The molecule has 0 aliphatic carbocycles. The van der Waals surface area contributed by atoms with Crippen LogP contribution in [-0.2, 0) is 9.47 Å². The van der Waals surface area contributed by atoms with Gasteiger partial charge in [0.05, 0.1) is 6.10 Å². The second kappa shape index (κ2) is 6.84. The number of nitrogens with one attached hydrogen (secondary N) is 1. The van der Waals surface area contributed by atoms with Crippen molar-refractivity contribution in [2.75, 3.05) is 0 Å². The van der Waals surface area contributed by atoms with Crippen LogP contribution in [0.5, 0.6) is 0 Å². The summed E-state index contributed by atoms with van der Waals surface area (Å²) in [7, 11) is 0. The molecule has 3 nitrogen and oxygen atoms in total. The molecular formula is C13H22Cl3NO2. The second-order valence-electron chi connectivity index (χ2n) is 5.35. The molecule has 6 heteroatoms. The molecule has 1 aliphatic heterocycles. The lowest BCUT2D eigenvalue weighted by Crippen LogP contribution is -2.47. The molecule has 0 saturated carbocycles. The summed E-state index contributed by atoms with van der Waals surface area (Å²) >= 11 is 16.9. The van der Waals surface area contributed by atoms with Gasteiger partial charge in [-0.25, -0.2) is 0 Å². The molecule has 3 unspecified atom stereocenters. The Balaban J connectivity index is 2.74. The van der Waals surface area contributed by atoms with E-state index in [1.807, 2.05) is 6.92 Å². The third-order valence-corrected chi connectivity index (χ3v) is 4.56. The topological polar surface area (TPSA) is 42.3 Å². The summed E-state index contributed by atoms with van der Waals surface area (Å²) in [6.07, 6.45) is 1.62. The molecule has 0 aromatic rings. The Hall–Kier alpha value is 0.300. The average Bonchev–Trinajstić information content (AvgIpc) is 2.31. The van der Waals surface area contributed by atoms with Gasteiger partial charge in [0.2, 0.25) is 12.2 Å². The maximum atomic E-state index is 7.65. The van der Waals surface area contributed by atoms with Crippen LogP contribution >= 0.6 is 34.8 Å². The van der Waals surface area contributed by atoms with Crippen molar-refractivity contribution in [3.63, 3.8) is 0 Å². The first-order valence-corrected chi connectivity index (χ1v) is 7.79. The summed E-state index contributed by atoms with van der Waals surface area (Å²) < 4.78 is 9.54. The van der Waals surface area contributed by atoms with Gasteiger partial charge in [-0.1, -0.05) is 68.9 Å². The summed E-state index contributed by atoms with van der Waals surface area (Å²) in [5.41, 5.74) is 0. The molecule has 0 radical (unpaired) electrons. The summed E-state index contributed by atoms with van der Waals surface area (Å²) in [4.78, 5) is 0. The van der Waals surface area contributed by atoms with Gasteiger partial charge in [0.15, 0.2) is 0 Å². The van der Waals surface area contributed by atoms with Gasteiger partial charge in [-0.15, -0.1) is 0 Å². The normalized spacial score (nSPS) is 36.1. The van der Waals surface area contributed by atoms with Gasteiger partial charge < -0.3 is 9.47 Å². The van der Waals surface area contributed by atoms with E-state index < -0.39 is 10.1 Å². The Morgan fingerprint density at radius 1 is 1.16 bits per heavy atom. The molecule has 19 heavy (non-hydrogen) atoms. The molecule has 1 aliphatic rings. The fourth-order valence-corrected chi connectivity index (χ4v) is 2.55. The smallest absolute Gasteiger partial charge is 0.265 e. The van der Waals surface area contributed by atoms with E-state index in [9.17, 15) is 0 Å². The fourth-order valence-electron chi connectivity index (χ4n) is 2.42. The van der Waals surface area contributed by atoms with Crippen LogP contribution in [0.1, 0.15) is 40.5 Å². The summed E-state index contributed by atoms with van der Waals surface area (Å²) in [6, 6.07) is 0. The zero-order valence-electron chi connectivity index (χ0n) is 11.8. The molecule has 1 rings (SSSR count). The van der Waals surface area contributed by atoms with Crippen molar-refractivity contribution in [1.82, 2.24) is 0 Å². The predicted molar refractivity (Wildman–Crippen MR) is 80.2 cm³/mol. The zero-order valence-corrected chi connectivity index (χ0v) is 14.0.